The van der Waals surface area contributed by atoms with Crippen LogP contribution in [0.4, 0.5) is 0 Å². The van der Waals surface area contributed by atoms with Crippen LogP contribution in [0.5, 0.6) is 0 Å². The van der Waals surface area contributed by atoms with Crippen molar-refractivity contribution in [2.75, 3.05) is 13.2 Å². The predicted molar refractivity (Wildman–Crippen MR) is 78.7 cm³/mol. The molecule has 0 aliphatic heterocycles. The van der Waals surface area contributed by atoms with E-state index in [9.17, 15) is 0 Å². The number of rotatable bonds is 13. The van der Waals surface area contributed by atoms with Crippen molar-refractivity contribution in [1.82, 2.24) is 0 Å². The molecule has 0 saturated carbocycles. The zero-order chi connectivity index (χ0) is 13.5. The average Bonchev–Trinajstić information content (AvgIpc) is 2.38. The molecule has 18 heavy (non-hydrogen) atoms. The van der Waals surface area contributed by atoms with E-state index in [0.717, 1.165) is 19.4 Å². The van der Waals surface area contributed by atoms with E-state index in [1.165, 1.54) is 51.4 Å². The molecular formula is C16H31NO. The van der Waals surface area contributed by atoms with E-state index in [-0.39, 0.29) is 0 Å². The molecule has 0 saturated heterocycles. The molecule has 0 aromatic rings. The second kappa shape index (κ2) is 14.5. The Morgan fingerprint density at radius 3 is 2.11 bits per heavy atom. The summed E-state index contributed by atoms with van der Waals surface area (Å²) in [6.45, 7) is 12.6. The van der Waals surface area contributed by atoms with E-state index in [4.69, 9.17) is 11.3 Å². The van der Waals surface area contributed by atoms with Crippen LogP contribution in [0.3, 0.4) is 0 Å². The lowest BCUT2D eigenvalue weighted by molar-refractivity contribution is 0.0482. The first kappa shape index (κ1) is 17.4. The molecule has 0 amide bonds. The van der Waals surface area contributed by atoms with Crippen LogP contribution in [0.2, 0.25) is 0 Å². The molecule has 2 heteroatoms. The highest BCUT2D eigenvalue weighted by atomic mass is 16.5. The lowest BCUT2D eigenvalue weighted by Gasteiger charge is -2.15. The molecule has 0 aromatic heterocycles. The number of ether oxygens (including phenoxy) is 1. The summed E-state index contributed by atoms with van der Waals surface area (Å²) in [5, 5.41) is 0. The van der Waals surface area contributed by atoms with Crippen molar-refractivity contribution >= 4 is 0 Å². The van der Waals surface area contributed by atoms with Crippen LogP contribution < -0.4 is 0 Å². The van der Waals surface area contributed by atoms with E-state index in [1.54, 1.807) is 0 Å². The molecular weight excluding hydrogens is 222 g/mol. The van der Waals surface area contributed by atoms with Crippen LogP contribution >= 0.6 is 0 Å². The van der Waals surface area contributed by atoms with E-state index in [2.05, 4.69) is 18.7 Å². The van der Waals surface area contributed by atoms with Gasteiger partial charge in [0.1, 0.15) is 0 Å². The van der Waals surface area contributed by atoms with Crippen LogP contribution in [0.15, 0.2) is 0 Å². The summed E-state index contributed by atoms with van der Waals surface area (Å²) < 4.78 is 5.73. The van der Waals surface area contributed by atoms with Crippen molar-refractivity contribution in [3.8, 4) is 0 Å². The van der Waals surface area contributed by atoms with Gasteiger partial charge in [0.15, 0.2) is 0 Å². The monoisotopic (exact) mass is 253 g/mol. The highest BCUT2D eigenvalue weighted by Crippen LogP contribution is 2.14. The van der Waals surface area contributed by atoms with Crippen LogP contribution in [0, 0.1) is 6.57 Å². The fourth-order valence-electron chi connectivity index (χ4n) is 2.27. The molecule has 0 aliphatic rings. The Balaban J connectivity index is 3.42. The van der Waals surface area contributed by atoms with E-state index in [0.29, 0.717) is 12.6 Å². The average molecular weight is 253 g/mol. The van der Waals surface area contributed by atoms with Gasteiger partial charge >= 0.3 is 0 Å². The Labute approximate surface area is 114 Å². The van der Waals surface area contributed by atoms with Gasteiger partial charge in [-0.25, -0.2) is 6.57 Å². The van der Waals surface area contributed by atoms with Gasteiger partial charge in [-0.15, -0.1) is 0 Å². The molecule has 0 rings (SSSR count). The van der Waals surface area contributed by atoms with Crippen molar-refractivity contribution in [1.29, 1.82) is 0 Å². The fourth-order valence-corrected chi connectivity index (χ4v) is 2.27. The molecule has 1 atom stereocenters. The van der Waals surface area contributed by atoms with Crippen LogP contribution in [-0.2, 0) is 4.74 Å². The number of hydrogen-bond acceptors (Lipinski definition) is 1. The van der Waals surface area contributed by atoms with Gasteiger partial charge < -0.3 is 9.58 Å². The van der Waals surface area contributed by atoms with Gasteiger partial charge in [-0.05, 0) is 19.8 Å². The zero-order valence-electron chi connectivity index (χ0n) is 12.4. The third kappa shape index (κ3) is 11.9. The van der Waals surface area contributed by atoms with Gasteiger partial charge in [-0.3, -0.25) is 0 Å². The molecule has 106 valence electrons. The molecule has 0 spiro atoms. The smallest absolute Gasteiger partial charge is 0.214 e. The SMILES string of the molecule is [C-]#[N+]CCCC(CCCCCCCCC)OCC. The standard InChI is InChI=1S/C16H31NO/c1-4-6-7-8-9-10-11-13-16(18-5-2)14-12-15-17-3/h16H,4-15H2,1-2H3. The third-order valence-electron chi connectivity index (χ3n) is 3.33. The zero-order valence-corrected chi connectivity index (χ0v) is 12.4. The largest absolute Gasteiger partial charge is 0.379 e. The topological polar surface area (TPSA) is 13.6 Å². The summed E-state index contributed by atoms with van der Waals surface area (Å²) >= 11 is 0. The maximum atomic E-state index is 6.78. The second-order valence-corrected chi connectivity index (χ2v) is 5.01. The minimum absolute atomic E-state index is 0.396. The predicted octanol–water partition coefficient (Wildman–Crippen LogP) is 5.23. The lowest BCUT2D eigenvalue weighted by atomic mass is 10.0. The first-order valence-corrected chi connectivity index (χ1v) is 7.79. The van der Waals surface area contributed by atoms with E-state index >= 15 is 0 Å². The number of nitrogens with zero attached hydrogens (tertiary/aromatic N) is 1. The van der Waals surface area contributed by atoms with Crippen LogP contribution in [0.1, 0.15) is 78.1 Å². The van der Waals surface area contributed by atoms with Crippen molar-refractivity contribution in [3.63, 3.8) is 0 Å². The van der Waals surface area contributed by atoms with Crippen molar-refractivity contribution in [3.05, 3.63) is 11.4 Å². The molecule has 0 fully saturated rings. The Kier molecular flexibility index (Phi) is 14.1. The molecule has 0 aromatic carbocycles. The molecule has 2 nitrogen and oxygen atoms in total. The highest BCUT2D eigenvalue weighted by molar-refractivity contribution is 4.64. The van der Waals surface area contributed by atoms with Crippen LogP contribution in [-0.4, -0.2) is 19.3 Å². The van der Waals surface area contributed by atoms with Gasteiger partial charge in [-0.2, -0.15) is 0 Å². The van der Waals surface area contributed by atoms with E-state index < -0.39 is 0 Å². The maximum absolute atomic E-state index is 6.78. The van der Waals surface area contributed by atoms with Gasteiger partial charge in [0, 0.05) is 13.0 Å². The Morgan fingerprint density at radius 1 is 0.889 bits per heavy atom. The number of unbranched alkanes of at least 4 members (excludes halogenated alkanes) is 6. The quantitative estimate of drug-likeness (QED) is 0.323. The summed E-state index contributed by atoms with van der Waals surface area (Å²) in [5.41, 5.74) is 0. The Bertz CT molecular complexity index is 198. The molecule has 0 radical (unpaired) electrons. The second-order valence-electron chi connectivity index (χ2n) is 5.01. The Morgan fingerprint density at radius 2 is 1.50 bits per heavy atom. The molecule has 0 bridgehead atoms. The third-order valence-corrected chi connectivity index (χ3v) is 3.33. The molecule has 1 unspecified atom stereocenters. The first-order chi connectivity index (χ1) is 8.85. The molecule has 0 N–H and O–H groups in total. The maximum Gasteiger partial charge on any atom is 0.214 e. The van der Waals surface area contributed by atoms with E-state index in [1.807, 2.05) is 0 Å². The van der Waals surface area contributed by atoms with Gasteiger partial charge in [-0.1, -0.05) is 51.9 Å². The van der Waals surface area contributed by atoms with Crippen LogP contribution in [0.25, 0.3) is 4.85 Å². The minimum Gasteiger partial charge on any atom is -0.379 e. The highest BCUT2D eigenvalue weighted by Gasteiger charge is 2.08. The van der Waals surface area contributed by atoms with Crippen molar-refractivity contribution in [2.24, 2.45) is 0 Å². The Hall–Kier alpha value is -0.550. The number of hydrogen-bond donors (Lipinski definition) is 0. The van der Waals surface area contributed by atoms with Crippen molar-refractivity contribution in [2.45, 2.75) is 84.2 Å². The van der Waals surface area contributed by atoms with Gasteiger partial charge in [0.05, 0.1) is 6.10 Å². The molecule has 0 aliphatic carbocycles. The van der Waals surface area contributed by atoms with Gasteiger partial charge in [0.25, 0.3) is 0 Å². The molecule has 0 heterocycles. The summed E-state index contributed by atoms with van der Waals surface area (Å²) in [7, 11) is 0. The normalized spacial score (nSPS) is 12.3. The lowest BCUT2D eigenvalue weighted by Crippen LogP contribution is -2.13. The summed E-state index contributed by atoms with van der Waals surface area (Å²) in [6.07, 6.45) is 13.1. The fraction of sp³-hybridized carbons (Fsp3) is 0.938. The summed E-state index contributed by atoms with van der Waals surface area (Å²) in [4.78, 5) is 3.40. The summed E-state index contributed by atoms with van der Waals surface area (Å²) in [6, 6.07) is 0. The minimum atomic E-state index is 0.396. The summed E-state index contributed by atoms with van der Waals surface area (Å²) in [5.74, 6) is 0. The van der Waals surface area contributed by atoms with Gasteiger partial charge in [0.2, 0.25) is 6.54 Å². The van der Waals surface area contributed by atoms with Crippen molar-refractivity contribution < 1.29 is 4.74 Å². The first-order valence-electron chi connectivity index (χ1n) is 7.79.